The standard InChI is InChI=1S/C20H16ClFN6O3/c21-17-10-14(28(30)31)7-8-15(17)20(29)25-9-1-2-18-16(11-23)19(24)27(26-18)13-5-3-12(22)4-6-13/h3-8,10H,1-2,9,24H2,(H,25,29). The Morgan fingerprint density at radius 2 is 2.03 bits per heavy atom. The molecule has 3 N–H and O–H groups in total. The van der Waals surface area contributed by atoms with Crippen molar-refractivity contribution in [1.82, 2.24) is 15.1 Å². The van der Waals surface area contributed by atoms with Crippen LogP contribution in [0.1, 0.15) is 28.0 Å². The van der Waals surface area contributed by atoms with E-state index in [4.69, 9.17) is 17.3 Å². The molecule has 0 spiro atoms. The number of anilines is 1. The largest absolute Gasteiger partial charge is 0.382 e. The van der Waals surface area contributed by atoms with Crippen LogP contribution in [0.5, 0.6) is 0 Å². The smallest absolute Gasteiger partial charge is 0.270 e. The number of nitro groups is 1. The Morgan fingerprint density at radius 3 is 2.65 bits per heavy atom. The first-order valence-corrected chi connectivity index (χ1v) is 9.45. The van der Waals surface area contributed by atoms with E-state index in [-0.39, 0.29) is 34.2 Å². The third kappa shape index (κ3) is 4.79. The highest BCUT2D eigenvalue weighted by Crippen LogP contribution is 2.23. The Kier molecular flexibility index (Phi) is 6.47. The zero-order valence-corrected chi connectivity index (χ0v) is 16.8. The molecule has 0 bridgehead atoms. The van der Waals surface area contributed by atoms with Crippen molar-refractivity contribution in [3.8, 4) is 11.8 Å². The summed E-state index contributed by atoms with van der Waals surface area (Å²) in [6, 6.07) is 11.1. The van der Waals surface area contributed by atoms with E-state index in [0.29, 0.717) is 24.2 Å². The van der Waals surface area contributed by atoms with E-state index < -0.39 is 16.6 Å². The van der Waals surface area contributed by atoms with Gasteiger partial charge < -0.3 is 11.1 Å². The van der Waals surface area contributed by atoms with Crippen LogP contribution in [0.3, 0.4) is 0 Å². The zero-order valence-electron chi connectivity index (χ0n) is 16.0. The highest BCUT2D eigenvalue weighted by atomic mass is 35.5. The zero-order chi connectivity index (χ0) is 22.5. The van der Waals surface area contributed by atoms with Gasteiger partial charge in [0.1, 0.15) is 23.3 Å². The van der Waals surface area contributed by atoms with Crippen molar-refractivity contribution in [3.05, 3.63) is 80.2 Å². The van der Waals surface area contributed by atoms with E-state index in [1.165, 1.54) is 41.1 Å². The molecule has 0 aliphatic rings. The van der Waals surface area contributed by atoms with Crippen LogP contribution in [-0.2, 0) is 6.42 Å². The second kappa shape index (κ2) is 9.23. The molecule has 31 heavy (non-hydrogen) atoms. The first-order chi connectivity index (χ1) is 14.8. The number of rotatable bonds is 7. The summed E-state index contributed by atoms with van der Waals surface area (Å²) in [4.78, 5) is 22.4. The third-order valence-electron chi connectivity index (χ3n) is 4.46. The predicted molar refractivity (Wildman–Crippen MR) is 111 cm³/mol. The summed E-state index contributed by atoms with van der Waals surface area (Å²) in [6.07, 6.45) is 0.806. The number of aromatic nitrogens is 2. The maximum atomic E-state index is 13.1. The monoisotopic (exact) mass is 442 g/mol. The average molecular weight is 443 g/mol. The number of benzene rings is 2. The Hall–Kier alpha value is -3.97. The van der Waals surface area contributed by atoms with Crippen LogP contribution in [0, 0.1) is 27.3 Å². The Labute approximate surface area is 181 Å². The normalized spacial score (nSPS) is 10.5. The van der Waals surface area contributed by atoms with Crippen LogP contribution >= 0.6 is 11.6 Å². The highest BCUT2D eigenvalue weighted by Gasteiger charge is 2.17. The van der Waals surface area contributed by atoms with E-state index in [1.807, 2.05) is 6.07 Å². The van der Waals surface area contributed by atoms with Crippen molar-refractivity contribution >= 4 is 29.0 Å². The summed E-state index contributed by atoms with van der Waals surface area (Å²) in [6.45, 7) is 0.250. The van der Waals surface area contributed by atoms with Crippen LogP contribution in [0.15, 0.2) is 42.5 Å². The topological polar surface area (TPSA) is 140 Å². The van der Waals surface area contributed by atoms with Gasteiger partial charge in [0.15, 0.2) is 0 Å². The molecule has 11 heteroatoms. The van der Waals surface area contributed by atoms with Gasteiger partial charge in [0.05, 0.1) is 26.9 Å². The number of nitrogens with two attached hydrogens (primary N) is 1. The number of amides is 1. The number of nitrogens with zero attached hydrogens (tertiary/aromatic N) is 4. The van der Waals surface area contributed by atoms with E-state index in [1.54, 1.807) is 0 Å². The van der Waals surface area contributed by atoms with Crippen molar-refractivity contribution in [2.75, 3.05) is 12.3 Å². The first-order valence-electron chi connectivity index (χ1n) is 9.07. The molecule has 1 heterocycles. The summed E-state index contributed by atoms with van der Waals surface area (Å²) < 4.78 is 14.5. The fourth-order valence-electron chi connectivity index (χ4n) is 2.91. The molecule has 3 aromatic rings. The fourth-order valence-corrected chi connectivity index (χ4v) is 3.17. The summed E-state index contributed by atoms with van der Waals surface area (Å²) in [5.41, 5.74) is 7.11. The van der Waals surface area contributed by atoms with E-state index in [2.05, 4.69) is 10.4 Å². The number of halogens is 2. The van der Waals surface area contributed by atoms with Gasteiger partial charge in [-0.1, -0.05) is 11.6 Å². The number of hydrogen-bond acceptors (Lipinski definition) is 6. The van der Waals surface area contributed by atoms with E-state index in [0.717, 1.165) is 6.07 Å². The van der Waals surface area contributed by atoms with Gasteiger partial charge in [0.25, 0.3) is 11.6 Å². The number of hydrogen-bond donors (Lipinski definition) is 2. The number of nitriles is 1. The van der Waals surface area contributed by atoms with Gasteiger partial charge in [-0.15, -0.1) is 0 Å². The van der Waals surface area contributed by atoms with Gasteiger partial charge in [-0.05, 0) is 43.2 Å². The van der Waals surface area contributed by atoms with Gasteiger partial charge >= 0.3 is 0 Å². The van der Waals surface area contributed by atoms with Crippen LogP contribution in [0.2, 0.25) is 5.02 Å². The lowest BCUT2D eigenvalue weighted by molar-refractivity contribution is -0.384. The van der Waals surface area contributed by atoms with Crippen molar-refractivity contribution < 1.29 is 14.1 Å². The van der Waals surface area contributed by atoms with Gasteiger partial charge in [-0.3, -0.25) is 14.9 Å². The SMILES string of the molecule is N#Cc1c(CCCNC(=O)c2ccc([N+](=O)[O-])cc2Cl)nn(-c2ccc(F)cc2)c1N. The number of nitrogen functional groups attached to an aromatic ring is 1. The van der Waals surface area contributed by atoms with Gasteiger partial charge in [-0.2, -0.15) is 10.4 Å². The number of carbonyl (C=O) groups is 1. The Morgan fingerprint density at radius 1 is 1.32 bits per heavy atom. The number of nitro benzene ring substituents is 1. The molecule has 1 aromatic heterocycles. The molecule has 0 atom stereocenters. The van der Waals surface area contributed by atoms with Crippen molar-refractivity contribution in [1.29, 1.82) is 5.26 Å². The molecule has 158 valence electrons. The van der Waals surface area contributed by atoms with E-state index >= 15 is 0 Å². The Balaban J connectivity index is 1.64. The minimum atomic E-state index is -0.600. The van der Waals surface area contributed by atoms with Gasteiger partial charge in [0, 0.05) is 18.7 Å². The van der Waals surface area contributed by atoms with Crippen LogP contribution in [-0.4, -0.2) is 27.2 Å². The lowest BCUT2D eigenvalue weighted by Gasteiger charge is -2.06. The van der Waals surface area contributed by atoms with Crippen LogP contribution in [0.25, 0.3) is 5.69 Å². The number of carbonyl (C=O) groups excluding carboxylic acids is 1. The van der Waals surface area contributed by atoms with Gasteiger partial charge in [-0.25, -0.2) is 9.07 Å². The number of non-ortho nitro benzene ring substituents is 1. The molecule has 2 aromatic carbocycles. The van der Waals surface area contributed by atoms with Crippen LogP contribution < -0.4 is 11.1 Å². The van der Waals surface area contributed by atoms with Crippen LogP contribution in [0.4, 0.5) is 15.9 Å². The van der Waals surface area contributed by atoms with E-state index in [9.17, 15) is 24.6 Å². The molecule has 0 unspecified atom stereocenters. The molecular formula is C20H16ClFN6O3. The van der Waals surface area contributed by atoms with Crippen molar-refractivity contribution in [2.45, 2.75) is 12.8 Å². The minimum absolute atomic E-state index is 0.0238. The molecule has 1 amide bonds. The Bertz CT molecular complexity index is 1190. The lowest BCUT2D eigenvalue weighted by Crippen LogP contribution is -2.25. The van der Waals surface area contributed by atoms with Gasteiger partial charge in [0.2, 0.25) is 0 Å². The molecule has 0 radical (unpaired) electrons. The van der Waals surface area contributed by atoms with Crippen molar-refractivity contribution in [3.63, 3.8) is 0 Å². The summed E-state index contributed by atoms with van der Waals surface area (Å²) in [7, 11) is 0. The molecule has 0 aliphatic heterocycles. The average Bonchev–Trinajstić information content (AvgIpc) is 3.06. The molecule has 0 saturated heterocycles. The molecular weight excluding hydrogens is 427 g/mol. The molecule has 0 aliphatic carbocycles. The molecule has 9 nitrogen and oxygen atoms in total. The fraction of sp³-hybridized carbons (Fsp3) is 0.150. The van der Waals surface area contributed by atoms with Crippen molar-refractivity contribution in [2.24, 2.45) is 0 Å². The quantitative estimate of drug-likeness (QED) is 0.326. The number of aryl methyl sites for hydroxylation is 1. The maximum absolute atomic E-state index is 13.1. The number of nitrogens with one attached hydrogen (secondary N) is 1. The lowest BCUT2D eigenvalue weighted by atomic mass is 10.1. The summed E-state index contributed by atoms with van der Waals surface area (Å²) in [5, 5.41) is 27.2. The highest BCUT2D eigenvalue weighted by molar-refractivity contribution is 6.34. The molecule has 0 saturated carbocycles. The summed E-state index contributed by atoms with van der Waals surface area (Å²) >= 11 is 5.95. The third-order valence-corrected chi connectivity index (χ3v) is 4.77. The second-order valence-corrected chi connectivity index (χ2v) is 6.89. The predicted octanol–water partition coefficient (Wildman–Crippen LogP) is 3.39. The second-order valence-electron chi connectivity index (χ2n) is 6.49. The maximum Gasteiger partial charge on any atom is 0.270 e. The molecule has 0 fully saturated rings. The molecule has 3 rings (SSSR count). The summed E-state index contributed by atoms with van der Waals surface area (Å²) in [5.74, 6) is -0.735. The first kappa shape index (κ1) is 21.7. The minimum Gasteiger partial charge on any atom is -0.382 e.